The topological polar surface area (TPSA) is 75.1 Å². The summed E-state index contributed by atoms with van der Waals surface area (Å²) in [6, 6.07) is 0. The molecule has 5 heteroatoms. The van der Waals surface area contributed by atoms with Gasteiger partial charge in [0, 0.05) is 6.54 Å². The first-order chi connectivity index (χ1) is 7.50. The van der Waals surface area contributed by atoms with Crippen LogP contribution in [0.2, 0.25) is 0 Å². The standard InChI is InChI=1S/C11H16N2O3/c1-6(8-3-4-8)5-13-10(15)7(2)9(14)12-11(13)16/h6,8,15H,3-5H2,1-2H3,(H,12,14,16). The van der Waals surface area contributed by atoms with Gasteiger partial charge >= 0.3 is 5.69 Å². The van der Waals surface area contributed by atoms with Crippen LogP contribution in [0.5, 0.6) is 5.88 Å². The molecule has 1 unspecified atom stereocenters. The van der Waals surface area contributed by atoms with Crippen molar-refractivity contribution < 1.29 is 5.11 Å². The summed E-state index contributed by atoms with van der Waals surface area (Å²) in [5, 5.41) is 9.75. The number of H-pyrrole nitrogens is 1. The van der Waals surface area contributed by atoms with E-state index in [2.05, 4.69) is 11.9 Å². The van der Waals surface area contributed by atoms with E-state index in [0.29, 0.717) is 18.4 Å². The molecule has 1 heterocycles. The fourth-order valence-electron chi connectivity index (χ4n) is 1.93. The van der Waals surface area contributed by atoms with E-state index in [4.69, 9.17) is 0 Å². The Kier molecular flexibility index (Phi) is 2.61. The predicted molar refractivity (Wildman–Crippen MR) is 59.6 cm³/mol. The number of nitrogens with one attached hydrogen (secondary N) is 1. The molecule has 0 aliphatic heterocycles. The van der Waals surface area contributed by atoms with Crippen LogP contribution >= 0.6 is 0 Å². The van der Waals surface area contributed by atoms with Gasteiger partial charge in [0.25, 0.3) is 5.56 Å². The summed E-state index contributed by atoms with van der Waals surface area (Å²) in [7, 11) is 0. The molecule has 0 amide bonds. The van der Waals surface area contributed by atoms with Crippen LogP contribution in [0.1, 0.15) is 25.3 Å². The highest BCUT2D eigenvalue weighted by Crippen LogP contribution is 2.37. The minimum atomic E-state index is -0.527. The van der Waals surface area contributed by atoms with Gasteiger partial charge in [-0.1, -0.05) is 6.92 Å². The van der Waals surface area contributed by atoms with Crippen molar-refractivity contribution in [1.82, 2.24) is 9.55 Å². The smallest absolute Gasteiger partial charge is 0.331 e. The van der Waals surface area contributed by atoms with E-state index in [-0.39, 0.29) is 11.4 Å². The van der Waals surface area contributed by atoms with Crippen molar-refractivity contribution in [3.63, 3.8) is 0 Å². The van der Waals surface area contributed by atoms with Crippen LogP contribution in [0.3, 0.4) is 0 Å². The third-order valence-corrected chi connectivity index (χ3v) is 3.29. The zero-order valence-electron chi connectivity index (χ0n) is 9.49. The zero-order chi connectivity index (χ0) is 11.9. The Labute approximate surface area is 92.7 Å². The van der Waals surface area contributed by atoms with E-state index in [9.17, 15) is 14.7 Å². The molecule has 0 aromatic carbocycles. The lowest BCUT2D eigenvalue weighted by Crippen LogP contribution is -2.33. The molecule has 0 bridgehead atoms. The van der Waals surface area contributed by atoms with Crippen molar-refractivity contribution in [2.75, 3.05) is 0 Å². The lowest BCUT2D eigenvalue weighted by Gasteiger charge is -2.14. The van der Waals surface area contributed by atoms with Gasteiger partial charge in [0.05, 0.1) is 5.56 Å². The van der Waals surface area contributed by atoms with Gasteiger partial charge in [0.2, 0.25) is 5.88 Å². The molecule has 1 aromatic heterocycles. The summed E-state index contributed by atoms with van der Waals surface area (Å²) in [5.41, 5.74) is -0.846. The van der Waals surface area contributed by atoms with Gasteiger partial charge in [-0.25, -0.2) is 4.79 Å². The summed E-state index contributed by atoms with van der Waals surface area (Å²) in [5.74, 6) is 0.800. The van der Waals surface area contributed by atoms with E-state index in [1.165, 1.54) is 24.3 Å². The molecular weight excluding hydrogens is 208 g/mol. The molecular formula is C11H16N2O3. The molecule has 1 aliphatic carbocycles. The third kappa shape index (κ3) is 1.89. The number of hydrogen-bond acceptors (Lipinski definition) is 3. The number of aromatic nitrogens is 2. The molecule has 0 spiro atoms. The zero-order valence-corrected chi connectivity index (χ0v) is 9.49. The molecule has 2 rings (SSSR count). The molecule has 1 fully saturated rings. The molecule has 88 valence electrons. The van der Waals surface area contributed by atoms with Gasteiger partial charge in [-0.15, -0.1) is 0 Å². The van der Waals surface area contributed by atoms with Crippen molar-refractivity contribution in [3.05, 3.63) is 26.4 Å². The van der Waals surface area contributed by atoms with Crippen molar-refractivity contribution in [2.45, 2.75) is 33.2 Å². The van der Waals surface area contributed by atoms with Gasteiger partial charge < -0.3 is 5.11 Å². The molecule has 2 N–H and O–H groups in total. The Balaban J connectivity index is 2.36. The van der Waals surface area contributed by atoms with E-state index in [0.717, 1.165) is 0 Å². The number of aromatic hydroxyl groups is 1. The molecule has 16 heavy (non-hydrogen) atoms. The Bertz CT molecular complexity index is 511. The normalized spacial score (nSPS) is 17.4. The van der Waals surface area contributed by atoms with Gasteiger partial charge in [0.15, 0.2) is 0 Å². The summed E-state index contributed by atoms with van der Waals surface area (Å²) >= 11 is 0. The first-order valence-electron chi connectivity index (χ1n) is 5.53. The van der Waals surface area contributed by atoms with Crippen LogP contribution in [0, 0.1) is 18.8 Å². The maximum atomic E-state index is 11.5. The Morgan fingerprint density at radius 3 is 2.69 bits per heavy atom. The first kappa shape index (κ1) is 11.0. The molecule has 1 atom stereocenters. The molecule has 1 aliphatic rings. The number of aromatic amines is 1. The third-order valence-electron chi connectivity index (χ3n) is 3.29. The van der Waals surface area contributed by atoms with Crippen LogP contribution in [-0.2, 0) is 6.54 Å². The summed E-state index contributed by atoms with van der Waals surface area (Å²) in [6.07, 6.45) is 2.39. The SMILES string of the molecule is Cc1c(O)n(CC(C)C2CC2)c(=O)[nH]c1=O. The van der Waals surface area contributed by atoms with E-state index >= 15 is 0 Å². The second kappa shape index (κ2) is 3.81. The summed E-state index contributed by atoms with van der Waals surface area (Å²) in [4.78, 5) is 25.0. The quantitative estimate of drug-likeness (QED) is 0.789. The van der Waals surface area contributed by atoms with Gasteiger partial charge in [-0.2, -0.15) is 0 Å². The van der Waals surface area contributed by atoms with Gasteiger partial charge in [0.1, 0.15) is 0 Å². The van der Waals surface area contributed by atoms with Crippen LogP contribution in [-0.4, -0.2) is 14.7 Å². The second-order valence-corrected chi connectivity index (χ2v) is 4.63. The minimum absolute atomic E-state index is 0.197. The van der Waals surface area contributed by atoms with Crippen molar-refractivity contribution in [1.29, 1.82) is 0 Å². The largest absolute Gasteiger partial charge is 0.494 e. The van der Waals surface area contributed by atoms with Crippen molar-refractivity contribution in [3.8, 4) is 5.88 Å². The Morgan fingerprint density at radius 1 is 1.50 bits per heavy atom. The molecule has 0 radical (unpaired) electrons. The van der Waals surface area contributed by atoms with Crippen molar-refractivity contribution in [2.24, 2.45) is 11.8 Å². The number of nitrogens with zero attached hydrogens (tertiary/aromatic N) is 1. The number of rotatable bonds is 3. The first-order valence-corrected chi connectivity index (χ1v) is 5.53. The van der Waals surface area contributed by atoms with Crippen molar-refractivity contribution >= 4 is 0 Å². The molecule has 0 saturated heterocycles. The second-order valence-electron chi connectivity index (χ2n) is 4.63. The average molecular weight is 224 g/mol. The number of hydrogen-bond donors (Lipinski definition) is 2. The summed E-state index contributed by atoms with van der Waals surface area (Å²) in [6.45, 7) is 4.03. The van der Waals surface area contributed by atoms with Crippen LogP contribution in [0.4, 0.5) is 0 Å². The fraction of sp³-hybridized carbons (Fsp3) is 0.636. The van der Waals surface area contributed by atoms with E-state index < -0.39 is 11.2 Å². The predicted octanol–water partition coefficient (Wildman–Crippen LogP) is 0.597. The van der Waals surface area contributed by atoms with Gasteiger partial charge in [-0.05, 0) is 31.6 Å². The lowest BCUT2D eigenvalue weighted by molar-refractivity contribution is 0.348. The monoisotopic (exact) mass is 224 g/mol. The highest BCUT2D eigenvalue weighted by Gasteiger charge is 2.28. The molecule has 1 aromatic rings. The Morgan fingerprint density at radius 2 is 2.12 bits per heavy atom. The van der Waals surface area contributed by atoms with Gasteiger partial charge in [-0.3, -0.25) is 14.3 Å². The van der Waals surface area contributed by atoms with E-state index in [1.807, 2.05) is 0 Å². The highest BCUT2D eigenvalue weighted by molar-refractivity contribution is 5.20. The molecule has 1 saturated carbocycles. The van der Waals surface area contributed by atoms with Crippen LogP contribution < -0.4 is 11.2 Å². The van der Waals surface area contributed by atoms with E-state index in [1.54, 1.807) is 0 Å². The van der Waals surface area contributed by atoms with Crippen LogP contribution in [0.25, 0.3) is 0 Å². The van der Waals surface area contributed by atoms with Crippen LogP contribution in [0.15, 0.2) is 9.59 Å². The Hall–Kier alpha value is -1.52. The maximum absolute atomic E-state index is 11.5. The lowest BCUT2D eigenvalue weighted by atomic mass is 10.1. The minimum Gasteiger partial charge on any atom is -0.494 e. The summed E-state index contributed by atoms with van der Waals surface area (Å²) < 4.78 is 1.25. The maximum Gasteiger partial charge on any atom is 0.331 e. The fourth-order valence-corrected chi connectivity index (χ4v) is 1.93. The average Bonchev–Trinajstić information content (AvgIpc) is 3.04. The highest BCUT2D eigenvalue weighted by atomic mass is 16.3. The molecule has 5 nitrogen and oxygen atoms in total.